The summed E-state index contributed by atoms with van der Waals surface area (Å²) in [5, 5.41) is 23.8. The van der Waals surface area contributed by atoms with Crippen LogP contribution in [-0.4, -0.2) is 22.7 Å². The normalized spacial score (nSPS) is 16.6. The molecule has 0 saturated heterocycles. The van der Waals surface area contributed by atoms with Gasteiger partial charge in [-0.2, -0.15) is 0 Å². The van der Waals surface area contributed by atoms with Gasteiger partial charge >= 0.3 is 0 Å². The molecule has 1 unspecified atom stereocenters. The van der Waals surface area contributed by atoms with Gasteiger partial charge in [-0.25, -0.2) is 0 Å². The summed E-state index contributed by atoms with van der Waals surface area (Å²) < 4.78 is 0. The number of nitrogens with zero attached hydrogens (tertiary/aromatic N) is 1. The molecule has 1 atom stereocenters. The molecule has 0 radical (unpaired) electrons. The predicted molar refractivity (Wildman–Crippen MR) is 65.3 cm³/mol. The monoisotopic (exact) mass is 256 g/mol. The Hall–Kier alpha value is -1.33. The minimum Gasteiger partial charge on any atom is -0.391 e. The van der Waals surface area contributed by atoms with E-state index in [-0.39, 0.29) is 5.69 Å². The van der Waals surface area contributed by atoms with E-state index in [0.29, 0.717) is 23.2 Å². The zero-order valence-electron chi connectivity index (χ0n) is 9.10. The maximum Gasteiger partial charge on any atom is 0.292 e. The number of anilines is 1. The van der Waals surface area contributed by atoms with Crippen LogP contribution < -0.4 is 5.32 Å². The van der Waals surface area contributed by atoms with Gasteiger partial charge in [0, 0.05) is 17.6 Å². The number of aliphatic hydroxyl groups excluding tert-OH is 1. The Morgan fingerprint density at radius 2 is 2.29 bits per heavy atom. The Bertz CT molecular complexity index is 435. The first-order valence-electron chi connectivity index (χ1n) is 5.44. The van der Waals surface area contributed by atoms with Gasteiger partial charge in [0.05, 0.1) is 11.0 Å². The second-order valence-electron chi connectivity index (χ2n) is 4.20. The van der Waals surface area contributed by atoms with Crippen LogP contribution in [0.1, 0.15) is 12.8 Å². The van der Waals surface area contributed by atoms with Crippen LogP contribution in [0.25, 0.3) is 0 Å². The number of benzene rings is 1. The van der Waals surface area contributed by atoms with E-state index in [0.717, 1.165) is 12.8 Å². The maximum absolute atomic E-state index is 10.8. The van der Waals surface area contributed by atoms with E-state index in [2.05, 4.69) is 5.32 Å². The Morgan fingerprint density at radius 3 is 2.88 bits per heavy atom. The Labute approximate surface area is 104 Å². The average molecular weight is 257 g/mol. The van der Waals surface area contributed by atoms with E-state index in [1.165, 1.54) is 18.2 Å². The molecule has 1 aromatic rings. The predicted octanol–water partition coefficient (Wildman–Crippen LogP) is 2.43. The van der Waals surface area contributed by atoms with E-state index in [9.17, 15) is 15.2 Å². The zero-order chi connectivity index (χ0) is 12.4. The minimum absolute atomic E-state index is 0.0302. The fourth-order valence-electron chi connectivity index (χ4n) is 1.67. The summed E-state index contributed by atoms with van der Waals surface area (Å²) in [4.78, 5) is 10.3. The summed E-state index contributed by atoms with van der Waals surface area (Å²) in [6.45, 7) is 0.311. The number of halogens is 1. The third-order valence-corrected chi connectivity index (χ3v) is 3.06. The van der Waals surface area contributed by atoms with Gasteiger partial charge in [0.1, 0.15) is 5.69 Å². The molecule has 1 aromatic carbocycles. The molecule has 0 spiro atoms. The highest BCUT2D eigenvalue weighted by molar-refractivity contribution is 6.31. The van der Waals surface area contributed by atoms with Gasteiger partial charge < -0.3 is 10.4 Å². The summed E-state index contributed by atoms with van der Waals surface area (Å²) in [6.07, 6.45) is 1.61. The summed E-state index contributed by atoms with van der Waals surface area (Å²) in [5.74, 6) is 0.334. The largest absolute Gasteiger partial charge is 0.391 e. The Morgan fingerprint density at radius 1 is 1.59 bits per heavy atom. The number of rotatable bonds is 5. The van der Waals surface area contributed by atoms with E-state index in [1.54, 1.807) is 0 Å². The minimum atomic E-state index is -0.470. The molecule has 1 fully saturated rings. The molecule has 17 heavy (non-hydrogen) atoms. The van der Waals surface area contributed by atoms with Crippen LogP contribution in [0.2, 0.25) is 5.02 Å². The van der Waals surface area contributed by atoms with Crippen LogP contribution in [0.15, 0.2) is 18.2 Å². The number of aliphatic hydroxyl groups is 1. The molecular weight excluding hydrogens is 244 g/mol. The first kappa shape index (κ1) is 12.1. The van der Waals surface area contributed by atoms with E-state index in [1.807, 2.05) is 0 Å². The molecule has 5 nitrogen and oxygen atoms in total. The van der Waals surface area contributed by atoms with Crippen LogP contribution in [0, 0.1) is 16.0 Å². The summed E-state index contributed by atoms with van der Waals surface area (Å²) >= 11 is 5.79. The van der Waals surface area contributed by atoms with Gasteiger partial charge in [0.15, 0.2) is 0 Å². The van der Waals surface area contributed by atoms with Crippen LogP contribution >= 0.6 is 11.6 Å². The summed E-state index contributed by atoms with van der Waals surface area (Å²) in [6, 6.07) is 4.33. The lowest BCUT2D eigenvalue weighted by atomic mass is 10.2. The SMILES string of the molecule is O=[N+]([O-])c1ccc(Cl)cc1NCC(O)C1CC1. The van der Waals surface area contributed by atoms with Crippen molar-refractivity contribution in [1.82, 2.24) is 0 Å². The highest BCUT2D eigenvalue weighted by Crippen LogP contribution is 2.33. The number of nitro benzene ring substituents is 1. The number of nitrogens with one attached hydrogen (secondary N) is 1. The maximum atomic E-state index is 10.8. The molecule has 0 bridgehead atoms. The average Bonchev–Trinajstić information content (AvgIpc) is 3.09. The van der Waals surface area contributed by atoms with Crippen LogP contribution in [0.3, 0.4) is 0 Å². The Kier molecular flexibility index (Phi) is 3.49. The van der Waals surface area contributed by atoms with Gasteiger partial charge in [0.2, 0.25) is 0 Å². The van der Waals surface area contributed by atoms with E-state index < -0.39 is 11.0 Å². The van der Waals surface area contributed by atoms with Crippen molar-refractivity contribution in [2.24, 2.45) is 5.92 Å². The van der Waals surface area contributed by atoms with Crippen molar-refractivity contribution >= 4 is 23.0 Å². The molecule has 1 aliphatic rings. The second-order valence-corrected chi connectivity index (χ2v) is 4.64. The van der Waals surface area contributed by atoms with Gasteiger partial charge in [-0.05, 0) is 30.9 Å². The lowest BCUT2D eigenvalue weighted by Gasteiger charge is -2.12. The number of hydrogen-bond acceptors (Lipinski definition) is 4. The van der Waals surface area contributed by atoms with Crippen molar-refractivity contribution in [3.8, 4) is 0 Å². The second kappa shape index (κ2) is 4.89. The highest BCUT2D eigenvalue weighted by atomic mass is 35.5. The van der Waals surface area contributed by atoms with Crippen molar-refractivity contribution in [3.63, 3.8) is 0 Å². The molecule has 92 valence electrons. The molecule has 0 heterocycles. The number of nitro groups is 1. The summed E-state index contributed by atoms with van der Waals surface area (Å²) in [7, 11) is 0. The molecular formula is C11H13ClN2O3. The van der Waals surface area contributed by atoms with Crippen LogP contribution in [-0.2, 0) is 0 Å². The standard InChI is InChI=1S/C11H13ClN2O3/c12-8-3-4-10(14(16)17)9(5-8)13-6-11(15)7-1-2-7/h3-5,7,11,13,15H,1-2,6H2. The quantitative estimate of drug-likeness (QED) is 0.627. The fourth-order valence-corrected chi connectivity index (χ4v) is 1.84. The first-order chi connectivity index (χ1) is 8.08. The van der Waals surface area contributed by atoms with Crippen molar-refractivity contribution < 1.29 is 10.0 Å². The van der Waals surface area contributed by atoms with Crippen LogP contribution in [0.4, 0.5) is 11.4 Å². The lowest BCUT2D eigenvalue weighted by Crippen LogP contribution is -2.21. The fraction of sp³-hybridized carbons (Fsp3) is 0.455. The molecule has 1 saturated carbocycles. The van der Waals surface area contributed by atoms with Crippen molar-refractivity contribution in [1.29, 1.82) is 0 Å². The van der Waals surface area contributed by atoms with Crippen molar-refractivity contribution in [3.05, 3.63) is 33.3 Å². The molecule has 6 heteroatoms. The smallest absolute Gasteiger partial charge is 0.292 e. The van der Waals surface area contributed by atoms with Gasteiger partial charge in [-0.15, -0.1) is 0 Å². The van der Waals surface area contributed by atoms with Crippen molar-refractivity contribution in [2.75, 3.05) is 11.9 Å². The summed E-state index contributed by atoms with van der Waals surface area (Å²) in [5.41, 5.74) is 0.319. The van der Waals surface area contributed by atoms with Crippen molar-refractivity contribution in [2.45, 2.75) is 18.9 Å². The molecule has 0 aromatic heterocycles. The highest BCUT2D eigenvalue weighted by Gasteiger charge is 2.29. The third-order valence-electron chi connectivity index (χ3n) is 2.82. The zero-order valence-corrected chi connectivity index (χ0v) is 9.85. The van der Waals surface area contributed by atoms with E-state index >= 15 is 0 Å². The molecule has 0 aliphatic heterocycles. The number of hydrogen-bond donors (Lipinski definition) is 2. The van der Waals surface area contributed by atoms with Crippen LogP contribution in [0.5, 0.6) is 0 Å². The molecule has 2 N–H and O–H groups in total. The molecule has 1 aliphatic carbocycles. The van der Waals surface area contributed by atoms with Gasteiger partial charge in [0.25, 0.3) is 5.69 Å². The first-order valence-corrected chi connectivity index (χ1v) is 5.81. The Balaban J connectivity index is 2.07. The molecule has 2 rings (SSSR count). The topological polar surface area (TPSA) is 75.4 Å². The van der Waals surface area contributed by atoms with Gasteiger partial charge in [-0.1, -0.05) is 11.6 Å². The lowest BCUT2D eigenvalue weighted by molar-refractivity contribution is -0.384. The molecule has 0 amide bonds. The third kappa shape index (κ3) is 3.08. The van der Waals surface area contributed by atoms with Gasteiger partial charge in [-0.3, -0.25) is 10.1 Å². The van der Waals surface area contributed by atoms with E-state index in [4.69, 9.17) is 11.6 Å².